The summed E-state index contributed by atoms with van der Waals surface area (Å²) in [5.74, 6) is 0.0725. The first-order valence-corrected chi connectivity index (χ1v) is 8.89. The second-order valence-electron chi connectivity index (χ2n) is 6.56. The van der Waals surface area contributed by atoms with Crippen LogP contribution in [0.15, 0.2) is 0 Å². The van der Waals surface area contributed by atoms with Gasteiger partial charge in [0, 0.05) is 42.1 Å². The SMILES string of the molecule is CN1CCc2nc(C(=O)CC(=N)[C@H]3CCCC[C@@H]3N)sc2C1. The van der Waals surface area contributed by atoms with Gasteiger partial charge in [-0.2, -0.15) is 0 Å². The van der Waals surface area contributed by atoms with Gasteiger partial charge in [-0.05, 0) is 19.9 Å². The molecule has 0 saturated heterocycles. The number of fused-ring (bicyclic) bond motifs is 1. The largest absolute Gasteiger partial charge is 0.327 e. The molecule has 1 aromatic heterocycles. The third-order valence-corrected chi connectivity index (χ3v) is 5.90. The molecule has 0 unspecified atom stereocenters. The van der Waals surface area contributed by atoms with Crippen molar-refractivity contribution >= 4 is 22.8 Å². The van der Waals surface area contributed by atoms with E-state index in [1.165, 1.54) is 16.2 Å². The van der Waals surface area contributed by atoms with E-state index in [-0.39, 0.29) is 24.2 Å². The van der Waals surface area contributed by atoms with Crippen molar-refractivity contribution in [1.29, 1.82) is 5.41 Å². The first-order valence-electron chi connectivity index (χ1n) is 8.08. The molecule has 1 fully saturated rings. The molecule has 2 atom stereocenters. The van der Waals surface area contributed by atoms with Crippen molar-refractivity contribution in [3.05, 3.63) is 15.6 Å². The molecule has 5 nitrogen and oxygen atoms in total. The van der Waals surface area contributed by atoms with Crippen LogP contribution < -0.4 is 5.73 Å². The Balaban J connectivity index is 1.65. The van der Waals surface area contributed by atoms with Gasteiger partial charge in [0.25, 0.3) is 0 Å². The Morgan fingerprint density at radius 3 is 3.00 bits per heavy atom. The zero-order valence-corrected chi connectivity index (χ0v) is 13.9. The van der Waals surface area contributed by atoms with Crippen LogP contribution in [0.3, 0.4) is 0 Å². The minimum Gasteiger partial charge on any atom is -0.327 e. The fourth-order valence-corrected chi connectivity index (χ4v) is 4.54. The highest BCUT2D eigenvalue weighted by atomic mass is 32.1. The van der Waals surface area contributed by atoms with Gasteiger partial charge in [0.05, 0.1) is 12.1 Å². The summed E-state index contributed by atoms with van der Waals surface area (Å²) in [6.07, 6.45) is 5.28. The van der Waals surface area contributed by atoms with Crippen LogP contribution in [0, 0.1) is 11.3 Å². The number of aromatic nitrogens is 1. The van der Waals surface area contributed by atoms with Crippen LogP contribution in [-0.2, 0) is 13.0 Å². The maximum absolute atomic E-state index is 12.5. The van der Waals surface area contributed by atoms with Gasteiger partial charge in [-0.15, -0.1) is 11.3 Å². The maximum Gasteiger partial charge on any atom is 0.196 e. The number of rotatable bonds is 4. The summed E-state index contributed by atoms with van der Waals surface area (Å²) < 4.78 is 0. The number of hydrogen-bond acceptors (Lipinski definition) is 6. The van der Waals surface area contributed by atoms with Gasteiger partial charge in [0.2, 0.25) is 0 Å². The van der Waals surface area contributed by atoms with Crippen molar-refractivity contribution in [3.8, 4) is 0 Å². The van der Waals surface area contributed by atoms with Crippen molar-refractivity contribution in [2.45, 2.75) is 51.1 Å². The first-order chi connectivity index (χ1) is 10.5. The van der Waals surface area contributed by atoms with Gasteiger partial charge < -0.3 is 16.0 Å². The van der Waals surface area contributed by atoms with E-state index in [4.69, 9.17) is 11.1 Å². The van der Waals surface area contributed by atoms with Crippen LogP contribution in [0.25, 0.3) is 0 Å². The predicted octanol–water partition coefficient (Wildman–Crippen LogP) is 2.24. The highest BCUT2D eigenvalue weighted by Crippen LogP contribution is 2.28. The summed E-state index contributed by atoms with van der Waals surface area (Å²) in [6, 6.07) is 0.0483. The molecule has 0 spiro atoms. The third kappa shape index (κ3) is 3.29. The second kappa shape index (κ2) is 6.56. The molecule has 3 N–H and O–H groups in total. The highest BCUT2D eigenvalue weighted by Gasteiger charge is 2.28. The average molecular weight is 320 g/mol. The zero-order chi connectivity index (χ0) is 15.7. The molecule has 2 aliphatic rings. The van der Waals surface area contributed by atoms with E-state index in [2.05, 4.69) is 16.9 Å². The Bertz CT molecular complexity index is 583. The molecule has 1 aliphatic heterocycles. The van der Waals surface area contributed by atoms with E-state index in [1.54, 1.807) is 0 Å². The normalized spacial score (nSPS) is 25.7. The molecular formula is C16H24N4OS. The summed E-state index contributed by atoms with van der Waals surface area (Å²) in [5, 5.41) is 8.83. The lowest BCUT2D eigenvalue weighted by Crippen LogP contribution is -2.38. The molecule has 120 valence electrons. The van der Waals surface area contributed by atoms with Crippen LogP contribution in [0.5, 0.6) is 0 Å². The number of carbonyl (C=O) groups excluding carboxylic acids is 1. The first kappa shape index (κ1) is 15.8. The van der Waals surface area contributed by atoms with E-state index < -0.39 is 0 Å². The topological polar surface area (TPSA) is 83.1 Å². The van der Waals surface area contributed by atoms with Crippen molar-refractivity contribution < 1.29 is 4.79 Å². The molecule has 1 aromatic rings. The molecule has 0 bridgehead atoms. The quantitative estimate of drug-likeness (QED) is 0.658. The van der Waals surface area contributed by atoms with Crippen molar-refractivity contribution in [3.63, 3.8) is 0 Å². The molecule has 1 aliphatic carbocycles. The molecule has 22 heavy (non-hydrogen) atoms. The van der Waals surface area contributed by atoms with E-state index in [0.717, 1.165) is 50.9 Å². The van der Waals surface area contributed by atoms with E-state index >= 15 is 0 Å². The lowest BCUT2D eigenvalue weighted by molar-refractivity contribution is 0.0998. The summed E-state index contributed by atoms with van der Waals surface area (Å²) >= 11 is 1.51. The number of nitrogens with one attached hydrogen (secondary N) is 1. The van der Waals surface area contributed by atoms with Gasteiger partial charge in [-0.3, -0.25) is 4.79 Å². The number of nitrogens with zero attached hydrogens (tertiary/aromatic N) is 2. The van der Waals surface area contributed by atoms with Crippen molar-refractivity contribution in [1.82, 2.24) is 9.88 Å². The molecule has 6 heteroatoms. The van der Waals surface area contributed by atoms with Gasteiger partial charge in [0.15, 0.2) is 10.8 Å². The Labute approximate surface area is 135 Å². The van der Waals surface area contributed by atoms with Crippen LogP contribution in [0.4, 0.5) is 0 Å². The standard InChI is InChI=1S/C16H24N4OS/c1-20-7-6-13-15(9-20)22-16(19-13)14(21)8-12(18)10-4-2-3-5-11(10)17/h10-11,18H,2-9,17H2,1H3/t10-,11-/m0/s1. The lowest BCUT2D eigenvalue weighted by atomic mass is 9.80. The monoisotopic (exact) mass is 320 g/mol. The van der Waals surface area contributed by atoms with Gasteiger partial charge >= 0.3 is 0 Å². The van der Waals surface area contributed by atoms with Crippen LogP contribution in [0.1, 0.15) is 52.5 Å². The Kier molecular flexibility index (Phi) is 4.70. The number of carbonyl (C=O) groups is 1. The molecular weight excluding hydrogens is 296 g/mol. The van der Waals surface area contributed by atoms with Crippen LogP contribution >= 0.6 is 11.3 Å². The fourth-order valence-electron chi connectivity index (χ4n) is 3.41. The van der Waals surface area contributed by atoms with E-state index in [1.807, 2.05) is 0 Å². The number of thiazole rings is 1. The zero-order valence-electron chi connectivity index (χ0n) is 13.1. The van der Waals surface area contributed by atoms with Gasteiger partial charge in [-0.1, -0.05) is 12.8 Å². The molecule has 3 rings (SSSR count). The van der Waals surface area contributed by atoms with Crippen LogP contribution in [0.2, 0.25) is 0 Å². The fraction of sp³-hybridized carbons (Fsp3) is 0.688. The Morgan fingerprint density at radius 2 is 2.23 bits per heavy atom. The maximum atomic E-state index is 12.5. The molecule has 2 heterocycles. The van der Waals surface area contributed by atoms with Crippen molar-refractivity contribution in [2.75, 3.05) is 13.6 Å². The number of hydrogen-bond donors (Lipinski definition) is 2. The minimum absolute atomic E-state index is 0.00942. The lowest BCUT2D eigenvalue weighted by Gasteiger charge is -2.28. The minimum atomic E-state index is -0.00942. The van der Waals surface area contributed by atoms with E-state index in [9.17, 15) is 4.79 Å². The average Bonchev–Trinajstić information content (AvgIpc) is 2.90. The molecule has 0 aromatic carbocycles. The summed E-state index contributed by atoms with van der Waals surface area (Å²) in [7, 11) is 2.09. The van der Waals surface area contributed by atoms with Gasteiger partial charge in [-0.25, -0.2) is 4.98 Å². The third-order valence-electron chi connectivity index (χ3n) is 4.78. The number of nitrogens with two attached hydrogens (primary N) is 1. The molecule has 0 radical (unpaired) electrons. The predicted molar refractivity (Wildman–Crippen MR) is 88.8 cm³/mol. The van der Waals surface area contributed by atoms with E-state index in [0.29, 0.717) is 10.7 Å². The number of Topliss-reactive ketones (excluding diaryl/α,β-unsaturated/α-hetero) is 1. The summed E-state index contributed by atoms with van der Waals surface area (Å²) in [6.45, 7) is 1.88. The molecule has 1 saturated carbocycles. The Hall–Kier alpha value is -1.11. The Morgan fingerprint density at radius 1 is 1.45 bits per heavy atom. The summed E-state index contributed by atoms with van der Waals surface area (Å²) in [4.78, 5) is 20.4. The van der Waals surface area contributed by atoms with Crippen LogP contribution in [-0.4, -0.2) is 41.0 Å². The van der Waals surface area contributed by atoms with Gasteiger partial charge in [0.1, 0.15) is 0 Å². The number of likely N-dealkylation sites (N-methyl/N-ethyl adjacent to an activating group) is 1. The second-order valence-corrected chi connectivity index (χ2v) is 7.64. The summed E-state index contributed by atoms with van der Waals surface area (Å²) in [5.41, 5.74) is 7.70. The smallest absolute Gasteiger partial charge is 0.196 e. The number of ketones is 1. The van der Waals surface area contributed by atoms with Crippen molar-refractivity contribution in [2.24, 2.45) is 11.7 Å². The highest BCUT2D eigenvalue weighted by molar-refractivity contribution is 7.13. The molecule has 0 amide bonds.